The van der Waals surface area contributed by atoms with Gasteiger partial charge in [0, 0.05) is 11.8 Å². The highest BCUT2D eigenvalue weighted by Crippen LogP contribution is 2.45. The number of hydrogen-bond donors (Lipinski definition) is 0. The third-order valence-corrected chi connectivity index (χ3v) is 7.23. The van der Waals surface area contributed by atoms with Crippen LogP contribution in [0.3, 0.4) is 0 Å². The van der Waals surface area contributed by atoms with E-state index < -0.39 is 0 Å². The van der Waals surface area contributed by atoms with E-state index in [0.717, 1.165) is 11.3 Å². The molecule has 178 valence electrons. The molecule has 1 aliphatic rings. The maximum atomic E-state index is 5.83. The van der Waals surface area contributed by atoms with Crippen LogP contribution in [0, 0.1) is 0 Å². The first-order chi connectivity index (χ1) is 18.1. The second-order valence-corrected chi connectivity index (χ2v) is 10.3. The minimum absolute atomic E-state index is 0.209. The Morgan fingerprint density at radius 1 is 0.622 bits per heavy atom. The lowest BCUT2D eigenvalue weighted by Gasteiger charge is -2.18. The van der Waals surface area contributed by atoms with Crippen LogP contribution in [0.4, 0.5) is 0 Å². The molecule has 0 unspecified atom stereocenters. The van der Waals surface area contributed by atoms with Crippen molar-refractivity contribution in [1.82, 2.24) is 4.98 Å². The Bertz CT molecular complexity index is 1790. The summed E-state index contributed by atoms with van der Waals surface area (Å²) in [7, 11) is 0. The minimum atomic E-state index is -0.209. The summed E-state index contributed by atoms with van der Waals surface area (Å²) in [5.41, 5.74) is 5.37. The summed E-state index contributed by atoms with van der Waals surface area (Å²) in [4.78, 5) is 9.48. The molecule has 0 fully saturated rings. The van der Waals surface area contributed by atoms with Crippen molar-refractivity contribution in [1.29, 1.82) is 0 Å². The first-order valence-electron chi connectivity index (χ1n) is 12.7. The average Bonchev–Trinajstić information content (AvgIpc) is 3.31. The Balaban J connectivity index is 1.50. The highest BCUT2D eigenvalue weighted by Gasteiger charge is 2.27. The highest BCUT2D eigenvalue weighted by atomic mass is 16.5. The maximum Gasteiger partial charge on any atom is 0.236 e. The lowest BCUT2D eigenvalue weighted by atomic mass is 9.85. The van der Waals surface area contributed by atoms with E-state index in [0.29, 0.717) is 12.5 Å². The van der Waals surface area contributed by atoms with E-state index in [4.69, 9.17) is 14.7 Å². The number of nitrogens with zero attached hydrogens (tertiary/aromatic N) is 2. The van der Waals surface area contributed by atoms with E-state index >= 15 is 0 Å². The van der Waals surface area contributed by atoms with Gasteiger partial charge in [0.15, 0.2) is 0 Å². The summed E-state index contributed by atoms with van der Waals surface area (Å²) < 4.78 is 5.83. The average molecular weight is 479 g/mol. The fraction of sp³-hybridized carbons (Fsp3) is 0.118. The van der Waals surface area contributed by atoms with Gasteiger partial charge in [-0.15, -0.1) is 0 Å². The lowest BCUT2D eigenvalue weighted by Crippen LogP contribution is -2.17. The van der Waals surface area contributed by atoms with Gasteiger partial charge in [-0.2, -0.15) is 0 Å². The van der Waals surface area contributed by atoms with Gasteiger partial charge < -0.3 is 4.74 Å². The van der Waals surface area contributed by atoms with E-state index in [1.807, 2.05) is 12.3 Å². The molecule has 0 bridgehead atoms. The fourth-order valence-electron chi connectivity index (χ4n) is 5.56. The third-order valence-electron chi connectivity index (χ3n) is 7.23. The number of ether oxygens (including phenoxy) is 1. The molecule has 0 radical (unpaired) electrons. The number of pyridine rings is 1. The fourth-order valence-corrected chi connectivity index (χ4v) is 5.56. The predicted octanol–water partition coefficient (Wildman–Crippen LogP) is 8.43. The maximum absolute atomic E-state index is 5.83. The van der Waals surface area contributed by atoms with Crippen molar-refractivity contribution in [2.24, 2.45) is 4.99 Å². The Hall–Kier alpha value is -4.50. The normalized spacial score (nSPS) is 14.7. The standard InChI is InChI=1S/C34H26N2O/c1-34(2)21-37-33(36-34)30-19-18-23(20-35-30)31-26-13-5-7-15-28(26)32(29-16-8-6-14-27(29)31)25-17-9-11-22-10-3-4-12-24(22)25/h3-20H,21H2,1-2H3. The lowest BCUT2D eigenvalue weighted by molar-refractivity contribution is 0.279. The molecular formula is C34H26N2O. The Kier molecular flexibility index (Phi) is 4.87. The number of benzene rings is 5. The predicted molar refractivity (Wildman–Crippen MR) is 154 cm³/mol. The van der Waals surface area contributed by atoms with Crippen LogP contribution in [0.15, 0.2) is 114 Å². The summed E-state index contributed by atoms with van der Waals surface area (Å²) in [6.07, 6.45) is 1.96. The molecule has 7 rings (SSSR count). The molecule has 0 atom stereocenters. The third kappa shape index (κ3) is 3.58. The second kappa shape index (κ2) is 8.28. The van der Waals surface area contributed by atoms with Crippen molar-refractivity contribution in [2.75, 3.05) is 6.61 Å². The quantitative estimate of drug-likeness (QED) is 0.239. The zero-order valence-electron chi connectivity index (χ0n) is 20.9. The van der Waals surface area contributed by atoms with E-state index in [9.17, 15) is 0 Å². The first kappa shape index (κ1) is 21.8. The first-order valence-corrected chi connectivity index (χ1v) is 12.7. The largest absolute Gasteiger partial charge is 0.474 e. The molecular weight excluding hydrogens is 452 g/mol. The van der Waals surface area contributed by atoms with Crippen molar-refractivity contribution in [3.05, 3.63) is 115 Å². The molecule has 0 saturated heterocycles. The van der Waals surface area contributed by atoms with Crippen molar-refractivity contribution in [2.45, 2.75) is 19.4 Å². The van der Waals surface area contributed by atoms with Gasteiger partial charge in [-0.1, -0.05) is 97.1 Å². The Morgan fingerprint density at radius 3 is 1.81 bits per heavy atom. The van der Waals surface area contributed by atoms with Crippen molar-refractivity contribution in [3.63, 3.8) is 0 Å². The summed E-state index contributed by atoms with van der Waals surface area (Å²) in [5.74, 6) is 0.623. The molecule has 5 aromatic carbocycles. The Labute approximate surface area is 216 Å². The summed E-state index contributed by atoms with van der Waals surface area (Å²) >= 11 is 0. The van der Waals surface area contributed by atoms with Gasteiger partial charge in [-0.05, 0) is 68.9 Å². The van der Waals surface area contributed by atoms with Crippen LogP contribution < -0.4 is 0 Å². The Morgan fingerprint density at radius 2 is 1.22 bits per heavy atom. The van der Waals surface area contributed by atoms with Gasteiger partial charge in [-0.3, -0.25) is 4.98 Å². The molecule has 0 N–H and O–H groups in total. The van der Waals surface area contributed by atoms with Crippen LogP contribution in [0.25, 0.3) is 54.6 Å². The molecule has 1 aromatic heterocycles. The van der Waals surface area contributed by atoms with Crippen molar-refractivity contribution in [3.8, 4) is 22.3 Å². The zero-order valence-corrected chi connectivity index (χ0v) is 20.9. The van der Waals surface area contributed by atoms with Crippen LogP contribution in [0.5, 0.6) is 0 Å². The van der Waals surface area contributed by atoms with Gasteiger partial charge >= 0.3 is 0 Å². The molecule has 2 heterocycles. The number of fused-ring (bicyclic) bond motifs is 3. The molecule has 0 aliphatic carbocycles. The molecule has 1 aliphatic heterocycles. The van der Waals surface area contributed by atoms with Crippen molar-refractivity contribution < 1.29 is 4.74 Å². The zero-order chi connectivity index (χ0) is 25.0. The number of hydrogen-bond acceptors (Lipinski definition) is 3. The summed E-state index contributed by atoms with van der Waals surface area (Å²) in [6, 6.07) is 36.8. The van der Waals surface area contributed by atoms with E-state index in [1.54, 1.807) is 0 Å². The molecule has 6 aromatic rings. The van der Waals surface area contributed by atoms with E-state index in [-0.39, 0.29) is 5.54 Å². The molecule has 0 spiro atoms. The minimum Gasteiger partial charge on any atom is -0.474 e. The van der Waals surface area contributed by atoms with Gasteiger partial charge in [0.25, 0.3) is 0 Å². The van der Waals surface area contributed by atoms with E-state index in [1.165, 1.54) is 49.0 Å². The topological polar surface area (TPSA) is 34.5 Å². The van der Waals surface area contributed by atoms with Crippen molar-refractivity contribution >= 4 is 38.2 Å². The van der Waals surface area contributed by atoms with Gasteiger partial charge in [0.2, 0.25) is 5.90 Å². The van der Waals surface area contributed by atoms with E-state index in [2.05, 4.69) is 111 Å². The smallest absolute Gasteiger partial charge is 0.236 e. The van der Waals surface area contributed by atoms with Crippen LogP contribution in [0.1, 0.15) is 19.5 Å². The molecule has 3 heteroatoms. The monoisotopic (exact) mass is 478 g/mol. The molecule has 37 heavy (non-hydrogen) atoms. The van der Waals surface area contributed by atoms with Gasteiger partial charge in [0.05, 0.1) is 5.54 Å². The summed E-state index contributed by atoms with van der Waals surface area (Å²) in [6.45, 7) is 4.73. The molecule has 0 saturated carbocycles. The molecule has 3 nitrogen and oxygen atoms in total. The number of aliphatic imine (C=N–C) groups is 1. The van der Waals surface area contributed by atoms with Crippen LogP contribution >= 0.6 is 0 Å². The van der Waals surface area contributed by atoms with Gasteiger partial charge in [-0.25, -0.2) is 4.99 Å². The SMILES string of the molecule is CC1(C)COC(c2ccc(-c3c4ccccc4c(-c4cccc5ccccc45)c4ccccc34)cn2)=N1. The van der Waals surface area contributed by atoms with Gasteiger partial charge in [0.1, 0.15) is 12.3 Å². The van der Waals surface area contributed by atoms with Crippen LogP contribution in [-0.4, -0.2) is 23.0 Å². The second-order valence-electron chi connectivity index (χ2n) is 10.3. The van der Waals surface area contributed by atoms with Crippen LogP contribution in [0.2, 0.25) is 0 Å². The number of aromatic nitrogens is 1. The summed E-state index contributed by atoms with van der Waals surface area (Å²) in [5, 5.41) is 7.42. The highest BCUT2D eigenvalue weighted by molar-refractivity contribution is 6.23. The molecule has 0 amide bonds. The number of rotatable bonds is 3. The van der Waals surface area contributed by atoms with Crippen LogP contribution in [-0.2, 0) is 4.74 Å².